The van der Waals surface area contributed by atoms with Gasteiger partial charge in [0.05, 0.1) is 0 Å². The predicted molar refractivity (Wildman–Crippen MR) is 68.4 cm³/mol. The molecule has 1 aromatic carbocycles. The minimum Gasteiger partial charge on any atom is -0.289 e. The smallest absolute Gasteiger partial charge is 0.194 e. The highest BCUT2D eigenvalue weighted by molar-refractivity contribution is 7.12. The first-order valence-electron chi connectivity index (χ1n) is 5.37. The monoisotopic (exact) mass is 248 g/mol. The molecule has 1 heterocycles. The lowest BCUT2D eigenvalue weighted by Gasteiger charge is -2.02. The van der Waals surface area contributed by atoms with E-state index in [0.29, 0.717) is 11.1 Å². The first-order chi connectivity index (χ1) is 7.99. The van der Waals surface area contributed by atoms with Gasteiger partial charge in [-0.2, -0.15) is 0 Å². The average Bonchev–Trinajstić information content (AvgIpc) is 2.61. The summed E-state index contributed by atoms with van der Waals surface area (Å²) in [5, 5.41) is 0. The topological polar surface area (TPSA) is 17.1 Å². The fourth-order valence-corrected chi connectivity index (χ4v) is 2.72. The molecule has 0 saturated heterocycles. The van der Waals surface area contributed by atoms with Crippen molar-refractivity contribution in [3.63, 3.8) is 0 Å². The van der Waals surface area contributed by atoms with Crippen molar-refractivity contribution in [2.24, 2.45) is 0 Å². The Kier molecular flexibility index (Phi) is 3.11. The van der Waals surface area contributed by atoms with Gasteiger partial charge in [-0.25, -0.2) is 4.39 Å². The third-order valence-corrected chi connectivity index (χ3v) is 3.67. The third kappa shape index (κ3) is 2.29. The van der Waals surface area contributed by atoms with Gasteiger partial charge >= 0.3 is 0 Å². The summed E-state index contributed by atoms with van der Waals surface area (Å²) in [6, 6.07) is 6.37. The van der Waals surface area contributed by atoms with Crippen LogP contribution in [-0.2, 0) is 0 Å². The number of ketones is 1. The van der Waals surface area contributed by atoms with Gasteiger partial charge in [0.1, 0.15) is 5.82 Å². The van der Waals surface area contributed by atoms with Crippen molar-refractivity contribution >= 4 is 17.1 Å². The summed E-state index contributed by atoms with van der Waals surface area (Å²) in [6.07, 6.45) is 0. The van der Waals surface area contributed by atoms with Crippen molar-refractivity contribution in [2.45, 2.75) is 20.8 Å². The van der Waals surface area contributed by atoms with Gasteiger partial charge in [0.15, 0.2) is 5.78 Å². The number of carbonyl (C=O) groups excluding carboxylic acids is 1. The zero-order valence-electron chi connectivity index (χ0n) is 10.0. The number of halogens is 1. The molecule has 0 saturated carbocycles. The van der Waals surface area contributed by atoms with E-state index in [0.717, 1.165) is 15.3 Å². The Morgan fingerprint density at radius 2 is 1.88 bits per heavy atom. The van der Waals surface area contributed by atoms with E-state index in [-0.39, 0.29) is 11.6 Å². The quantitative estimate of drug-likeness (QED) is 0.733. The zero-order valence-corrected chi connectivity index (χ0v) is 10.8. The van der Waals surface area contributed by atoms with Crippen molar-refractivity contribution in [1.82, 2.24) is 0 Å². The fourth-order valence-electron chi connectivity index (χ4n) is 1.80. The predicted octanol–water partition coefficient (Wildman–Crippen LogP) is 4.04. The Morgan fingerprint density at radius 3 is 2.41 bits per heavy atom. The second kappa shape index (κ2) is 4.41. The van der Waals surface area contributed by atoms with Crippen LogP contribution in [0.5, 0.6) is 0 Å². The van der Waals surface area contributed by atoms with Gasteiger partial charge in [0, 0.05) is 20.9 Å². The van der Waals surface area contributed by atoms with Crippen LogP contribution < -0.4 is 0 Å². The van der Waals surface area contributed by atoms with Crippen LogP contribution in [0.3, 0.4) is 0 Å². The lowest BCUT2D eigenvalue weighted by atomic mass is 10.0. The molecule has 17 heavy (non-hydrogen) atoms. The van der Waals surface area contributed by atoms with E-state index >= 15 is 0 Å². The summed E-state index contributed by atoms with van der Waals surface area (Å²) < 4.78 is 13.1. The van der Waals surface area contributed by atoms with Crippen molar-refractivity contribution in [2.75, 3.05) is 0 Å². The SMILES string of the molecule is Cc1cc(C(=O)c2ccc(F)c(C)c2)c(C)s1. The molecule has 0 unspecified atom stereocenters. The van der Waals surface area contributed by atoms with E-state index in [1.54, 1.807) is 24.3 Å². The van der Waals surface area contributed by atoms with Gasteiger partial charge in [-0.1, -0.05) is 0 Å². The summed E-state index contributed by atoms with van der Waals surface area (Å²) in [4.78, 5) is 14.4. The molecule has 2 rings (SSSR count). The highest BCUT2D eigenvalue weighted by Crippen LogP contribution is 2.23. The Bertz CT molecular complexity index is 584. The zero-order chi connectivity index (χ0) is 12.6. The van der Waals surface area contributed by atoms with Crippen LogP contribution in [0.15, 0.2) is 24.3 Å². The molecule has 0 aliphatic rings. The number of hydrogen-bond donors (Lipinski definition) is 0. The van der Waals surface area contributed by atoms with Gasteiger partial charge in [0.25, 0.3) is 0 Å². The number of hydrogen-bond acceptors (Lipinski definition) is 2. The van der Waals surface area contributed by atoms with Crippen molar-refractivity contribution in [3.8, 4) is 0 Å². The summed E-state index contributed by atoms with van der Waals surface area (Å²) >= 11 is 1.60. The van der Waals surface area contributed by atoms with Crippen molar-refractivity contribution in [1.29, 1.82) is 0 Å². The third-order valence-electron chi connectivity index (χ3n) is 2.71. The molecule has 88 valence electrons. The summed E-state index contributed by atoms with van der Waals surface area (Å²) in [5.41, 5.74) is 1.77. The molecule has 0 aliphatic carbocycles. The molecule has 1 aromatic heterocycles. The van der Waals surface area contributed by atoms with E-state index in [1.165, 1.54) is 12.1 Å². The minimum atomic E-state index is -0.278. The second-order valence-corrected chi connectivity index (χ2v) is 5.58. The number of aryl methyl sites for hydroxylation is 3. The Balaban J connectivity index is 2.44. The average molecular weight is 248 g/mol. The molecule has 0 spiro atoms. The first kappa shape index (κ1) is 12.0. The number of rotatable bonds is 2. The minimum absolute atomic E-state index is 0.0325. The van der Waals surface area contributed by atoms with Gasteiger partial charge in [-0.15, -0.1) is 11.3 Å². The van der Waals surface area contributed by atoms with E-state index in [1.807, 2.05) is 19.9 Å². The van der Waals surface area contributed by atoms with E-state index in [2.05, 4.69) is 0 Å². The summed E-state index contributed by atoms with van der Waals surface area (Å²) in [6.45, 7) is 5.57. The maximum absolute atomic E-state index is 13.1. The van der Waals surface area contributed by atoms with Crippen LogP contribution in [0.4, 0.5) is 4.39 Å². The Labute approximate surface area is 104 Å². The highest BCUT2D eigenvalue weighted by Gasteiger charge is 2.14. The van der Waals surface area contributed by atoms with Crippen LogP contribution in [0.2, 0.25) is 0 Å². The van der Waals surface area contributed by atoms with Gasteiger partial charge < -0.3 is 0 Å². The molecule has 0 aliphatic heterocycles. The van der Waals surface area contributed by atoms with Crippen LogP contribution in [0, 0.1) is 26.6 Å². The lowest BCUT2D eigenvalue weighted by molar-refractivity contribution is 0.103. The first-order valence-corrected chi connectivity index (χ1v) is 6.18. The van der Waals surface area contributed by atoms with Gasteiger partial charge in [-0.3, -0.25) is 4.79 Å². The second-order valence-electron chi connectivity index (χ2n) is 4.12. The molecule has 0 fully saturated rings. The van der Waals surface area contributed by atoms with Crippen LogP contribution in [0.25, 0.3) is 0 Å². The summed E-state index contributed by atoms with van der Waals surface area (Å²) in [7, 11) is 0. The molecule has 0 atom stereocenters. The molecule has 3 heteroatoms. The number of benzene rings is 1. The molecule has 2 aromatic rings. The molecular weight excluding hydrogens is 235 g/mol. The Hall–Kier alpha value is -1.48. The van der Waals surface area contributed by atoms with E-state index in [9.17, 15) is 9.18 Å². The van der Waals surface area contributed by atoms with E-state index < -0.39 is 0 Å². The normalized spacial score (nSPS) is 10.6. The maximum atomic E-state index is 13.1. The van der Waals surface area contributed by atoms with Gasteiger partial charge in [-0.05, 0) is 50.6 Å². The van der Waals surface area contributed by atoms with Crippen molar-refractivity contribution < 1.29 is 9.18 Å². The molecule has 0 radical (unpaired) electrons. The lowest BCUT2D eigenvalue weighted by Crippen LogP contribution is -2.02. The van der Waals surface area contributed by atoms with E-state index in [4.69, 9.17) is 0 Å². The van der Waals surface area contributed by atoms with Gasteiger partial charge in [0.2, 0.25) is 0 Å². The van der Waals surface area contributed by atoms with Crippen LogP contribution >= 0.6 is 11.3 Å². The standard InChI is InChI=1S/C14H13FOS/c1-8-6-11(4-5-13(8)15)14(16)12-7-9(2)17-10(12)3/h4-7H,1-3H3. The molecule has 0 amide bonds. The molecule has 0 bridgehead atoms. The summed E-state index contributed by atoms with van der Waals surface area (Å²) in [5.74, 6) is -0.310. The number of carbonyl (C=O) groups is 1. The van der Waals surface area contributed by atoms with Crippen LogP contribution in [0.1, 0.15) is 31.2 Å². The largest absolute Gasteiger partial charge is 0.289 e. The van der Waals surface area contributed by atoms with Crippen LogP contribution in [-0.4, -0.2) is 5.78 Å². The molecular formula is C14H13FOS. The van der Waals surface area contributed by atoms with Crippen molar-refractivity contribution in [3.05, 3.63) is 56.5 Å². The Morgan fingerprint density at radius 1 is 1.18 bits per heavy atom. The maximum Gasteiger partial charge on any atom is 0.194 e. The number of thiophene rings is 1. The highest BCUT2D eigenvalue weighted by atomic mass is 32.1. The fraction of sp³-hybridized carbons (Fsp3) is 0.214. The molecule has 1 nitrogen and oxygen atoms in total. The molecule has 0 N–H and O–H groups in total.